The van der Waals surface area contributed by atoms with Gasteiger partial charge in [-0.25, -0.2) is 8.42 Å². The van der Waals surface area contributed by atoms with E-state index in [1.54, 1.807) is 41.6 Å². The third-order valence-electron chi connectivity index (χ3n) is 6.34. The van der Waals surface area contributed by atoms with Crippen molar-refractivity contribution in [2.24, 2.45) is 0 Å². The number of amides is 1. The second-order valence-electron chi connectivity index (χ2n) is 8.22. The highest BCUT2D eigenvalue weighted by atomic mass is 79.9. The molecule has 0 radical (unpaired) electrons. The molecule has 3 fully saturated rings. The van der Waals surface area contributed by atoms with Gasteiger partial charge in [-0.3, -0.25) is 9.78 Å². The monoisotopic (exact) mass is 506 g/mol. The van der Waals surface area contributed by atoms with Gasteiger partial charge in [-0.2, -0.15) is 4.31 Å². The molecule has 5 rings (SSSR count). The molecule has 164 valence electrons. The topological polar surface area (TPSA) is 83.0 Å². The predicted octanol–water partition coefficient (Wildman–Crippen LogP) is 2.07. The number of rotatable bonds is 3. The van der Waals surface area contributed by atoms with Crippen LogP contribution in [0.4, 0.5) is 5.69 Å². The summed E-state index contributed by atoms with van der Waals surface area (Å²) in [6.45, 7) is 2.16. The number of carbonyl (C=O) groups is 1. The second-order valence-corrected chi connectivity index (χ2v) is 11.1. The Bertz CT molecular complexity index is 1070. The van der Waals surface area contributed by atoms with Crippen LogP contribution >= 0.6 is 15.9 Å². The van der Waals surface area contributed by atoms with Crippen LogP contribution in [0.5, 0.6) is 0 Å². The van der Waals surface area contributed by atoms with Crippen molar-refractivity contribution in [3.05, 3.63) is 53.3 Å². The average molecular weight is 507 g/mol. The highest BCUT2D eigenvalue weighted by Crippen LogP contribution is 2.38. The van der Waals surface area contributed by atoms with Crippen molar-refractivity contribution < 1.29 is 17.9 Å². The van der Waals surface area contributed by atoms with E-state index in [9.17, 15) is 13.2 Å². The molecule has 2 aromatic rings. The number of hydrogen-bond donors (Lipinski definition) is 0. The van der Waals surface area contributed by atoms with Crippen LogP contribution in [0.3, 0.4) is 0 Å². The van der Waals surface area contributed by atoms with Crippen LogP contribution in [0, 0.1) is 0 Å². The molecule has 10 heteroatoms. The lowest BCUT2D eigenvalue weighted by Crippen LogP contribution is -2.55. The molecular formula is C21H23BrN4O4S. The molecule has 1 spiro atoms. The first-order valence-corrected chi connectivity index (χ1v) is 12.5. The molecule has 1 amide bonds. The van der Waals surface area contributed by atoms with E-state index < -0.39 is 21.9 Å². The number of ether oxygens (including phenoxy) is 1. The molecule has 1 atom stereocenters. The van der Waals surface area contributed by atoms with Crippen LogP contribution in [-0.2, 0) is 19.6 Å². The summed E-state index contributed by atoms with van der Waals surface area (Å²) in [4.78, 5) is 21.1. The van der Waals surface area contributed by atoms with E-state index in [-0.39, 0.29) is 23.9 Å². The fourth-order valence-corrected chi connectivity index (χ4v) is 6.26. The summed E-state index contributed by atoms with van der Waals surface area (Å²) in [5.41, 5.74) is 0.713. The van der Waals surface area contributed by atoms with Gasteiger partial charge in [-0.1, -0.05) is 15.9 Å². The Morgan fingerprint density at radius 1 is 1.06 bits per heavy atom. The Kier molecular flexibility index (Phi) is 5.28. The van der Waals surface area contributed by atoms with Crippen LogP contribution in [0.15, 0.2) is 58.2 Å². The summed E-state index contributed by atoms with van der Waals surface area (Å²) in [6, 6.07) is 10.4. The van der Waals surface area contributed by atoms with Gasteiger partial charge in [0, 0.05) is 35.6 Å². The summed E-state index contributed by atoms with van der Waals surface area (Å²) in [5, 5.41) is 0. The fourth-order valence-electron chi connectivity index (χ4n) is 4.61. The third-order valence-corrected chi connectivity index (χ3v) is 8.69. The first-order valence-electron chi connectivity index (χ1n) is 10.2. The minimum atomic E-state index is -3.77. The summed E-state index contributed by atoms with van der Waals surface area (Å²) in [5.74, 6) is -0.203. The van der Waals surface area contributed by atoms with Gasteiger partial charge >= 0.3 is 0 Å². The van der Waals surface area contributed by atoms with Gasteiger partial charge in [-0.05, 0) is 49.2 Å². The molecule has 0 bridgehead atoms. The van der Waals surface area contributed by atoms with E-state index in [0.717, 1.165) is 36.1 Å². The van der Waals surface area contributed by atoms with E-state index in [4.69, 9.17) is 4.74 Å². The number of halogens is 1. The lowest BCUT2D eigenvalue weighted by molar-refractivity contribution is -0.144. The molecule has 4 heterocycles. The molecule has 31 heavy (non-hydrogen) atoms. The number of piperidine rings is 1. The first-order chi connectivity index (χ1) is 14.9. The molecule has 0 aliphatic carbocycles. The second kappa shape index (κ2) is 7.84. The quantitative estimate of drug-likeness (QED) is 0.633. The van der Waals surface area contributed by atoms with Gasteiger partial charge in [0.2, 0.25) is 15.9 Å². The zero-order chi connectivity index (χ0) is 21.6. The molecule has 1 aromatic carbocycles. The maximum Gasteiger partial charge on any atom is 0.243 e. The maximum atomic E-state index is 13.1. The smallest absolute Gasteiger partial charge is 0.243 e. The molecular weight excluding hydrogens is 484 g/mol. The van der Waals surface area contributed by atoms with Gasteiger partial charge < -0.3 is 14.5 Å². The number of anilines is 1. The standard InChI is InChI=1S/C21H23BrN4O4S/c22-16-1-3-18(4-2-16)31(28,29)25-13-19(27)26-15-21(30-20(26)14-25)7-11-24(12-8-21)17-5-9-23-10-6-17/h1-6,9-10,20H,7-8,11-15H2. The number of hydrogen-bond acceptors (Lipinski definition) is 6. The number of benzene rings is 1. The Labute approximate surface area is 190 Å². The number of fused-ring (bicyclic) bond motifs is 1. The van der Waals surface area contributed by atoms with Crippen LogP contribution in [0.2, 0.25) is 0 Å². The molecule has 8 nitrogen and oxygen atoms in total. The van der Waals surface area contributed by atoms with Gasteiger partial charge in [-0.15, -0.1) is 0 Å². The highest BCUT2D eigenvalue weighted by Gasteiger charge is 2.52. The lowest BCUT2D eigenvalue weighted by atomic mass is 9.91. The SMILES string of the molecule is O=C1CN(S(=O)(=O)c2ccc(Br)cc2)CC2OC3(CCN(c4ccncc4)CC3)CN12. The fraction of sp³-hybridized carbons (Fsp3) is 0.429. The van der Waals surface area contributed by atoms with E-state index >= 15 is 0 Å². The highest BCUT2D eigenvalue weighted by molar-refractivity contribution is 9.10. The molecule has 3 aliphatic rings. The summed E-state index contributed by atoms with van der Waals surface area (Å²) < 4.78 is 34.6. The van der Waals surface area contributed by atoms with Crippen molar-refractivity contribution >= 4 is 37.5 Å². The van der Waals surface area contributed by atoms with Crippen LogP contribution in [-0.4, -0.2) is 73.1 Å². The third kappa shape index (κ3) is 3.86. The number of carbonyl (C=O) groups excluding carboxylic acids is 1. The van der Waals surface area contributed by atoms with Crippen LogP contribution in [0.25, 0.3) is 0 Å². The first kappa shape index (κ1) is 20.9. The minimum absolute atomic E-state index is 0.153. The summed E-state index contributed by atoms with van der Waals surface area (Å²) in [6.07, 6.45) is 4.60. The maximum absolute atomic E-state index is 13.1. The molecule has 0 saturated carbocycles. The Balaban J connectivity index is 1.29. The Hall–Kier alpha value is -2.01. The van der Waals surface area contributed by atoms with Crippen molar-refractivity contribution in [1.29, 1.82) is 0 Å². The van der Waals surface area contributed by atoms with Crippen molar-refractivity contribution in [3.8, 4) is 0 Å². The van der Waals surface area contributed by atoms with Gasteiger partial charge in [0.05, 0.1) is 30.1 Å². The average Bonchev–Trinajstić information content (AvgIpc) is 3.13. The zero-order valence-corrected chi connectivity index (χ0v) is 19.3. The Morgan fingerprint density at radius 2 is 1.74 bits per heavy atom. The predicted molar refractivity (Wildman–Crippen MR) is 118 cm³/mol. The van der Waals surface area contributed by atoms with Crippen LogP contribution in [0.1, 0.15) is 12.8 Å². The van der Waals surface area contributed by atoms with Crippen molar-refractivity contribution in [3.63, 3.8) is 0 Å². The number of pyridine rings is 1. The molecule has 0 N–H and O–H groups in total. The van der Waals surface area contributed by atoms with Crippen LogP contribution < -0.4 is 4.90 Å². The van der Waals surface area contributed by atoms with Crippen molar-refractivity contribution in [1.82, 2.24) is 14.2 Å². The number of piperazine rings is 1. The van der Waals surface area contributed by atoms with Gasteiger partial charge in [0.25, 0.3) is 0 Å². The minimum Gasteiger partial charge on any atom is -0.371 e. The van der Waals surface area contributed by atoms with Crippen molar-refractivity contribution in [2.75, 3.05) is 37.6 Å². The largest absolute Gasteiger partial charge is 0.371 e. The Morgan fingerprint density at radius 3 is 2.42 bits per heavy atom. The number of nitrogens with zero attached hydrogens (tertiary/aromatic N) is 4. The number of sulfonamides is 1. The molecule has 1 aromatic heterocycles. The normalized spacial score (nSPS) is 23.9. The van der Waals surface area contributed by atoms with E-state index in [2.05, 4.69) is 25.8 Å². The van der Waals surface area contributed by atoms with E-state index in [0.29, 0.717) is 6.54 Å². The number of aromatic nitrogens is 1. The van der Waals surface area contributed by atoms with Gasteiger partial charge in [0.15, 0.2) is 0 Å². The van der Waals surface area contributed by atoms with Crippen molar-refractivity contribution in [2.45, 2.75) is 29.6 Å². The lowest BCUT2D eigenvalue weighted by Gasteiger charge is -2.39. The summed E-state index contributed by atoms with van der Waals surface area (Å²) >= 11 is 3.32. The van der Waals surface area contributed by atoms with Gasteiger partial charge in [0.1, 0.15) is 6.23 Å². The molecule has 3 saturated heterocycles. The van der Waals surface area contributed by atoms with E-state index in [1.165, 1.54) is 4.31 Å². The molecule has 1 unspecified atom stereocenters. The molecule has 3 aliphatic heterocycles. The summed E-state index contributed by atoms with van der Waals surface area (Å²) in [7, 11) is -3.77. The van der Waals surface area contributed by atoms with E-state index in [1.807, 2.05) is 12.1 Å². The zero-order valence-electron chi connectivity index (χ0n) is 16.9.